The van der Waals surface area contributed by atoms with Gasteiger partial charge < -0.3 is 64.6 Å². The number of carboxylic acid groups (broad SMARTS) is 1. The summed E-state index contributed by atoms with van der Waals surface area (Å²) in [7, 11) is 0. The maximum absolute atomic E-state index is 13.2. The summed E-state index contributed by atoms with van der Waals surface area (Å²) >= 11 is 0. The molecule has 0 aliphatic carbocycles. The number of aliphatic hydroxyl groups is 7. The molecular weight excluding hydrogens is 564 g/mol. The van der Waals surface area contributed by atoms with Crippen LogP contribution in [0.4, 0.5) is 0 Å². The number of ether oxygens (including phenoxy) is 3. The van der Waals surface area contributed by atoms with Crippen molar-refractivity contribution in [3.8, 4) is 22.8 Å². The van der Waals surface area contributed by atoms with Crippen LogP contribution in [-0.2, 0) is 14.3 Å². The molecule has 226 valence electrons. The van der Waals surface area contributed by atoms with E-state index in [1.807, 2.05) is 0 Å². The van der Waals surface area contributed by atoms with E-state index in [2.05, 4.69) is 0 Å². The van der Waals surface area contributed by atoms with Crippen molar-refractivity contribution in [3.63, 3.8) is 0 Å². The molecule has 2 saturated heterocycles. The third-order valence-corrected chi connectivity index (χ3v) is 7.29. The van der Waals surface area contributed by atoms with Gasteiger partial charge in [-0.2, -0.15) is 0 Å². The van der Waals surface area contributed by atoms with E-state index in [9.17, 15) is 55.5 Å². The van der Waals surface area contributed by atoms with Crippen molar-refractivity contribution in [2.24, 2.45) is 0 Å². The van der Waals surface area contributed by atoms with Crippen LogP contribution in [0.2, 0.25) is 0 Å². The van der Waals surface area contributed by atoms with E-state index in [-0.39, 0.29) is 11.3 Å². The van der Waals surface area contributed by atoms with E-state index in [0.717, 1.165) is 12.1 Å². The molecule has 5 rings (SSSR count). The number of benzene rings is 2. The quantitative estimate of drug-likeness (QED) is 0.149. The second-order valence-electron chi connectivity index (χ2n) is 9.95. The summed E-state index contributed by atoms with van der Waals surface area (Å²) in [5, 5.41) is 92.2. The lowest BCUT2D eigenvalue weighted by Crippen LogP contribution is -2.61. The summed E-state index contributed by atoms with van der Waals surface area (Å²) in [6.45, 7) is -0.830. The van der Waals surface area contributed by atoms with Gasteiger partial charge in [0.15, 0.2) is 11.5 Å². The largest absolute Gasteiger partial charge is 0.506 e. The van der Waals surface area contributed by atoms with Gasteiger partial charge in [0, 0.05) is 17.7 Å². The highest BCUT2D eigenvalue weighted by molar-refractivity contribution is 5.88. The Morgan fingerprint density at radius 3 is 2.17 bits per heavy atom. The molecule has 10 unspecified atom stereocenters. The van der Waals surface area contributed by atoms with Crippen LogP contribution >= 0.6 is 0 Å². The highest BCUT2D eigenvalue weighted by Gasteiger charge is 2.50. The van der Waals surface area contributed by atoms with Crippen molar-refractivity contribution in [1.29, 1.82) is 0 Å². The van der Waals surface area contributed by atoms with Crippen LogP contribution in [0.15, 0.2) is 51.7 Å². The zero-order valence-corrected chi connectivity index (χ0v) is 21.5. The second-order valence-corrected chi connectivity index (χ2v) is 9.95. The topological polar surface area (TPSA) is 257 Å². The Labute approximate surface area is 235 Å². The lowest BCUT2D eigenvalue weighted by atomic mass is 9.89. The number of aliphatic hydroxyl groups excluding tert-OH is 7. The molecule has 0 radical (unpaired) electrons. The molecule has 15 nitrogen and oxygen atoms in total. The van der Waals surface area contributed by atoms with Gasteiger partial charge in [0.2, 0.25) is 6.29 Å². The van der Waals surface area contributed by atoms with Crippen molar-refractivity contribution >= 4 is 16.9 Å². The van der Waals surface area contributed by atoms with Crippen LogP contribution in [0.3, 0.4) is 0 Å². The molecule has 0 spiro atoms. The molecule has 3 aromatic rings. The molecule has 10 atom stereocenters. The fraction of sp³-hybridized carbons (Fsp3) is 0.407. The van der Waals surface area contributed by atoms with Crippen molar-refractivity contribution in [2.75, 3.05) is 6.61 Å². The molecule has 1 aromatic heterocycles. The molecular formula is C27H28O15. The number of phenols is 1. The van der Waals surface area contributed by atoms with Crippen molar-refractivity contribution < 1.29 is 69.4 Å². The number of aliphatic carboxylic acids is 1. The average molecular weight is 593 g/mol. The predicted molar refractivity (Wildman–Crippen MR) is 137 cm³/mol. The molecule has 3 heterocycles. The van der Waals surface area contributed by atoms with E-state index in [4.69, 9.17) is 18.6 Å². The zero-order valence-electron chi connectivity index (χ0n) is 21.5. The number of hydrogen-bond donors (Lipinski definition) is 9. The molecule has 2 aliphatic heterocycles. The minimum atomic E-state index is -2.06. The summed E-state index contributed by atoms with van der Waals surface area (Å²) < 4.78 is 22.3. The van der Waals surface area contributed by atoms with Crippen LogP contribution < -0.4 is 10.2 Å². The van der Waals surface area contributed by atoms with Crippen molar-refractivity contribution in [1.82, 2.24) is 0 Å². The highest BCUT2D eigenvalue weighted by Crippen LogP contribution is 2.46. The minimum Gasteiger partial charge on any atom is -0.506 e. The third kappa shape index (κ3) is 5.11. The second kappa shape index (κ2) is 11.6. The number of hydrogen-bond acceptors (Lipinski definition) is 14. The summed E-state index contributed by atoms with van der Waals surface area (Å²) in [4.78, 5) is 24.8. The molecule has 0 saturated carbocycles. The van der Waals surface area contributed by atoms with E-state index in [0.29, 0.717) is 5.56 Å². The first-order valence-corrected chi connectivity index (χ1v) is 12.7. The summed E-state index contributed by atoms with van der Waals surface area (Å²) in [5.41, 5.74) is -1.06. The van der Waals surface area contributed by atoms with Gasteiger partial charge in [-0.15, -0.1) is 0 Å². The predicted octanol–water partition coefficient (Wildman–Crippen LogP) is -2.05. The van der Waals surface area contributed by atoms with Gasteiger partial charge in [0.1, 0.15) is 77.1 Å². The monoisotopic (exact) mass is 592 g/mol. The molecule has 42 heavy (non-hydrogen) atoms. The van der Waals surface area contributed by atoms with Crippen LogP contribution in [0.5, 0.6) is 11.5 Å². The van der Waals surface area contributed by atoms with Gasteiger partial charge in [-0.3, -0.25) is 4.79 Å². The lowest BCUT2D eigenvalue weighted by molar-refractivity contribution is -0.272. The normalized spacial score (nSPS) is 33.4. The fourth-order valence-corrected chi connectivity index (χ4v) is 5.03. The Hall–Kier alpha value is -3.64. The van der Waals surface area contributed by atoms with E-state index in [1.165, 1.54) is 0 Å². The van der Waals surface area contributed by atoms with Crippen molar-refractivity contribution in [3.05, 3.63) is 58.3 Å². The maximum Gasteiger partial charge on any atom is 0.335 e. The van der Waals surface area contributed by atoms with Crippen LogP contribution in [0, 0.1) is 0 Å². The molecule has 0 bridgehead atoms. The van der Waals surface area contributed by atoms with Crippen LogP contribution in [0.25, 0.3) is 22.3 Å². The van der Waals surface area contributed by atoms with Gasteiger partial charge in [0.25, 0.3) is 0 Å². The molecule has 15 heteroatoms. The number of fused-ring (bicyclic) bond motifs is 1. The van der Waals surface area contributed by atoms with Crippen LogP contribution in [0.1, 0.15) is 11.7 Å². The van der Waals surface area contributed by atoms with Gasteiger partial charge in [-0.05, 0) is 0 Å². The minimum absolute atomic E-state index is 0.0810. The number of carboxylic acids is 1. The van der Waals surface area contributed by atoms with E-state index >= 15 is 0 Å². The molecule has 9 N–H and O–H groups in total. The van der Waals surface area contributed by atoms with Crippen LogP contribution in [-0.4, -0.2) is 114 Å². The smallest absolute Gasteiger partial charge is 0.335 e. The Morgan fingerprint density at radius 1 is 0.857 bits per heavy atom. The number of carbonyl (C=O) groups is 1. The Morgan fingerprint density at radius 2 is 1.52 bits per heavy atom. The van der Waals surface area contributed by atoms with E-state index < -0.39 is 102 Å². The van der Waals surface area contributed by atoms with Gasteiger partial charge in [0.05, 0.1) is 12.2 Å². The number of phenolic OH excluding ortho intramolecular Hbond substituents is 1. The zero-order chi connectivity index (χ0) is 30.5. The SMILES string of the molecule is O=C(O)C1OC(Oc2cc3oc(-c4ccccc4)cc(=O)c3c(O)c2C2OC(CO)C(O)C(O)C2O)C(O)C(O)C1O. The first kappa shape index (κ1) is 29.8. The Bertz CT molecular complexity index is 1500. The highest BCUT2D eigenvalue weighted by atomic mass is 16.7. The van der Waals surface area contributed by atoms with Crippen molar-refractivity contribution in [2.45, 2.75) is 61.2 Å². The molecule has 2 fully saturated rings. The fourth-order valence-electron chi connectivity index (χ4n) is 5.03. The molecule has 0 amide bonds. The number of rotatable bonds is 6. The average Bonchev–Trinajstić information content (AvgIpc) is 2.97. The third-order valence-electron chi connectivity index (χ3n) is 7.29. The maximum atomic E-state index is 13.2. The Balaban J connectivity index is 1.69. The number of aromatic hydroxyl groups is 1. The van der Waals surface area contributed by atoms with Gasteiger partial charge >= 0.3 is 5.97 Å². The summed E-state index contributed by atoms with van der Waals surface area (Å²) in [6.07, 6.45) is -19.1. The van der Waals surface area contributed by atoms with Gasteiger partial charge in [-0.25, -0.2) is 4.79 Å². The van der Waals surface area contributed by atoms with Gasteiger partial charge in [-0.1, -0.05) is 30.3 Å². The lowest BCUT2D eigenvalue weighted by Gasteiger charge is -2.41. The first-order chi connectivity index (χ1) is 19.9. The molecule has 2 aliphatic rings. The summed E-state index contributed by atoms with van der Waals surface area (Å²) in [6, 6.07) is 10.5. The summed E-state index contributed by atoms with van der Waals surface area (Å²) in [5.74, 6) is -3.02. The molecule has 2 aromatic carbocycles. The van der Waals surface area contributed by atoms with E-state index in [1.54, 1.807) is 30.3 Å². The first-order valence-electron chi connectivity index (χ1n) is 12.7. The standard InChI is InChI=1S/C27H28O15/c28-8-14-17(30)19(32)21(34)24(40-14)16-13(41-27-23(36)20(33)22(35)25(42-27)26(37)38)7-12-15(18(16)31)10(29)6-11(39-12)9-4-2-1-3-5-9/h1-7,14,17,19-25,27-28,30-36H,8H2,(H,37,38). The Kier molecular flexibility index (Phi) is 8.21.